The summed E-state index contributed by atoms with van der Waals surface area (Å²) in [5, 5.41) is 5.41. The fourth-order valence-electron chi connectivity index (χ4n) is 3.52. The van der Waals surface area contributed by atoms with E-state index in [0.29, 0.717) is 5.71 Å². The SMILES string of the molecule is O=C1N[C@@H]2CCCC[C@H]2N=C1c1cccc2ccccc12. The quantitative estimate of drug-likeness (QED) is 0.855. The van der Waals surface area contributed by atoms with Crippen LogP contribution in [-0.2, 0) is 4.79 Å². The zero-order chi connectivity index (χ0) is 14.2. The summed E-state index contributed by atoms with van der Waals surface area (Å²) in [6, 6.07) is 14.7. The average Bonchev–Trinajstić information content (AvgIpc) is 2.54. The van der Waals surface area contributed by atoms with Gasteiger partial charge in [0.25, 0.3) is 5.91 Å². The van der Waals surface area contributed by atoms with E-state index in [-0.39, 0.29) is 18.0 Å². The molecule has 2 atom stereocenters. The maximum atomic E-state index is 12.5. The van der Waals surface area contributed by atoms with E-state index >= 15 is 0 Å². The molecule has 0 aromatic heterocycles. The molecule has 0 spiro atoms. The van der Waals surface area contributed by atoms with E-state index in [1.54, 1.807) is 0 Å². The maximum Gasteiger partial charge on any atom is 0.270 e. The van der Waals surface area contributed by atoms with Crippen LogP contribution >= 0.6 is 0 Å². The van der Waals surface area contributed by atoms with Crippen molar-refractivity contribution in [1.82, 2.24) is 5.32 Å². The Bertz CT molecular complexity index is 730. The highest BCUT2D eigenvalue weighted by Gasteiger charge is 2.33. The van der Waals surface area contributed by atoms with Crippen LogP contribution in [0.3, 0.4) is 0 Å². The zero-order valence-corrected chi connectivity index (χ0v) is 11.9. The van der Waals surface area contributed by atoms with Crippen molar-refractivity contribution < 1.29 is 4.79 Å². The molecule has 3 nitrogen and oxygen atoms in total. The first-order valence-corrected chi connectivity index (χ1v) is 7.70. The molecule has 1 aliphatic carbocycles. The van der Waals surface area contributed by atoms with Crippen LogP contribution in [0.2, 0.25) is 0 Å². The van der Waals surface area contributed by atoms with Crippen LogP contribution in [0.25, 0.3) is 10.8 Å². The second-order valence-corrected chi connectivity index (χ2v) is 5.94. The van der Waals surface area contributed by atoms with Gasteiger partial charge in [-0.25, -0.2) is 0 Å². The minimum atomic E-state index is -0.0190. The van der Waals surface area contributed by atoms with Crippen molar-refractivity contribution in [3.63, 3.8) is 0 Å². The Kier molecular flexibility index (Phi) is 2.99. The Morgan fingerprint density at radius 3 is 2.76 bits per heavy atom. The van der Waals surface area contributed by atoms with Gasteiger partial charge in [-0.1, -0.05) is 55.3 Å². The maximum absolute atomic E-state index is 12.5. The summed E-state index contributed by atoms with van der Waals surface area (Å²) in [5.41, 5.74) is 1.56. The molecule has 4 rings (SSSR count). The predicted octanol–water partition coefficient (Wildman–Crippen LogP) is 3.07. The van der Waals surface area contributed by atoms with Crippen LogP contribution in [0.15, 0.2) is 47.5 Å². The third-order valence-corrected chi connectivity index (χ3v) is 4.60. The second-order valence-electron chi connectivity index (χ2n) is 5.94. The number of carbonyl (C=O) groups is 1. The summed E-state index contributed by atoms with van der Waals surface area (Å²) in [4.78, 5) is 17.3. The lowest BCUT2D eigenvalue weighted by Gasteiger charge is -2.33. The number of nitrogens with zero attached hydrogens (tertiary/aromatic N) is 1. The summed E-state index contributed by atoms with van der Waals surface area (Å²) in [6.45, 7) is 0. The van der Waals surface area contributed by atoms with Crippen LogP contribution in [-0.4, -0.2) is 23.7 Å². The largest absolute Gasteiger partial charge is 0.346 e. The molecule has 1 fully saturated rings. The van der Waals surface area contributed by atoms with E-state index in [1.165, 1.54) is 12.8 Å². The number of fused-ring (bicyclic) bond motifs is 2. The van der Waals surface area contributed by atoms with Gasteiger partial charge in [0.15, 0.2) is 0 Å². The van der Waals surface area contributed by atoms with Crippen LogP contribution in [0, 0.1) is 0 Å². The molecule has 0 bridgehead atoms. The number of rotatable bonds is 1. The van der Waals surface area contributed by atoms with Gasteiger partial charge in [-0.15, -0.1) is 0 Å². The molecule has 1 amide bonds. The van der Waals surface area contributed by atoms with Gasteiger partial charge in [-0.3, -0.25) is 9.79 Å². The molecule has 21 heavy (non-hydrogen) atoms. The molecule has 0 unspecified atom stereocenters. The summed E-state index contributed by atoms with van der Waals surface area (Å²) in [5.74, 6) is -0.0190. The smallest absolute Gasteiger partial charge is 0.270 e. The zero-order valence-electron chi connectivity index (χ0n) is 11.9. The molecule has 3 heteroatoms. The summed E-state index contributed by atoms with van der Waals surface area (Å²) >= 11 is 0. The molecular weight excluding hydrogens is 260 g/mol. The third-order valence-electron chi connectivity index (χ3n) is 4.60. The normalized spacial score (nSPS) is 25.1. The highest BCUT2D eigenvalue weighted by Crippen LogP contribution is 2.27. The van der Waals surface area contributed by atoms with E-state index in [0.717, 1.165) is 29.2 Å². The first kappa shape index (κ1) is 12.6. The van der Waals surface area contributed by atoms with Crippen molar-refractivity contribution in [3.8, 4) is 0 Å². The van der Waals surface area contributed by atoms with Gasteiger partial charge in [0.2, 0.25) is 0 Å². The van der Waals surface area contributed by atoms with E-state index in [9.17, 15) is 4.79 Å². The third kappa shape index (κ3) is 2.13. The molecule has 1 heterocycles. The molecule has 0 saturated heterocycles. The lowest BCUT2D eigenvalue weighted by atomic mass is 9.88. The monoisotopic (exact) mass is 278 g/mol. The highest BCUT2D eigenvalue weighted by atomic mass is 16.2. The fourth-order valence-corrected chi connectivity index (χ4v) is 3.52. The molecule has 0 radical (unpaired) electrons. The van der Waals surface area contributed by atoms with E-state index < -0.39 is 0 Å². The number of carbonyl (C=O) groups excluding carboxylic acids is 1. The molecular formula is C18H18N2O. The lowest BCUT2D eigenvalue weighted by molar-refractivity contribution is -0.116. The first-order valence-electron chi connectivity index (χ1n) is 7.70. The number of benzene rings is 2. The summed E-state index contributed by atoms with van der Waals surface area (Å²) in [6.07, 6.45) is 4.55. The van der Waals surface area contributed by atoms with Crippen molar-refractivity contribution in [2.24, 2.45) is 4.99 Å². The minimum Gasteiger partial charge on any atom is -0.346 e. The van der Waals surface area contributed by atoms with Gasteiger partial charge >= 0.3 is 0 Å². The predicted molar refractivity (Wildman–Crippen MR) is 84.7 cm³/mol. The minimum absolute atomic E-state index is 0.0190. The Hall–Kier alpha value is -2.16. The van der Waals surface area contributed by atoms with Gasteiger partial charge in [-0.05, 0) is 23.6 Å². The Morgan fingerprint density at radius 1 is 1.00 bits per heavy atom. The fraction of sp³-hybridized carbons (Fsp3) is 0.333. The molecule has 1 saturated carbocycles. The van der Waals surface area contributed by atoms with Crippen molar-refractivity contribution >= 4 is 22.4 Å². The molecule has 2 aromatic rings. The van der Waals surface area contributed by atoms with Crippen molar-refractivity contribution in [1.29, 1.82) is 0 Å². The van der Waals surface area contributed by atoms with Crippen LogP contribution < -0.4 is 5.32 Å². The second kappa shape index (κ2) is 4.99. The molecule has 1 N–H and O–H groups in total. The van der Waals surface area contributed by atoms with Crippen LogP contribution in [0.1, 0.15) is 31.2 Å². The lowest BCUT2D eigenvalue weighted by Crippen LogP contribution is -2.51. The number of aliphatic imine (C=N–C) groups is 1. The van der Waals surface area contributed by atoms with Crippen molar-refractivity contribution in [2.75, 3.05) is 0 Å². The summed E-state index contributed by atoms with van der Waals surface area (Å²) in [7, 11) is 0. The summed E-state index contributed by atoms with van der Waals surface area (Å²) < 4.78 is 0. The Morgan fingerprint density at radius 2 is 1.81 bits per heavy atom. The number of hydrogen-bond donors (Lipinski definition) is 1. The van der Waals surface area contributed by atoms with Crippen LogP contribution in [0.5, 0.6) is 0 Å². The number of amides is 1. The van der Waals surface area contributed by atoms with E-state index in [1.807, 2.05) is 24.3 Å². The van der Waals surface area contributed by atoms with Gasteiger partial charge in [0, 0.05) is 5.56 Å². The van der Waals surface area contributed by atoms with Gasteiger partial charge in [0.05, 0.1) is 12.1 Å². The van der Waals surface area contributed by atoms with Gasteiger partial charge in [-0.2, -0.15) is 0 Å². The first-order chi connectivity index (χ1) is 10.3. The topological polar surface area (TPSA) is 41.5 Å². The molecule has 1 aliphatic heterocycles. The molecule has 2 aromatic carbocycles. The highest BCUT2D eigenvalue weighted by molar-refractivity contribution is 6.47. The van der Waals surface area contributed by atoms with Gasteiger partial charge < -0.3 is 5.32 Å². The Balaban J connectivity index is 1.84. The Labute approximate surface area is 124 Å². The molecule has 106 valence electrons. The average molecular weight is 278 g/mol. The van der Waals surface area contributed by atoms with Gasteiger partial charge in [0.1, 0.15) is 5.71 Å². The van der Waals surface area contributed by atoms with E-state index in [4.69, 9.17) is 4.99 Å². The van der Waals surface area contributed by atoms with Crippen LogP contribution in [0.4, 0.5) is 0 Å². The van der Waals surface area contributed by atoms with Crippen molar-refractivity contribution in [3.05, 3.63) is 48.0 Å². The standard InChI is InChI=1S/C18H18N2O/c21-18-17(19-15-10-3-4-11-16(15)20-18)14-9-5-7-12-6-1-2-8-13(12)14/h1-2,5-9,15-16H,3-4,10-11H2,(H,20,21)/t15-,16-/m1/s1. The number of hydrogen-bond acceptors (Lipinski definition) is 2. The number of nitrogens with one attached hydrogen (secondary N) is 1. The van der Waals surface area contributed by atoms with E-state index in [2.05, 4.69) is 23.5 Å². The van der Waals surface area contributed by atoms with Crippen molar-refractivity contribution in [2.45, 2.75) is 37.8 Å². The molecule has 2 aliphatic rings.